The van der Waals surface area contributed by atoms with Crippen LogP contribution in [-0.2, 0) is 9.53 Å². The predicted octanol–water partition coefficient (Wildman–Crippen LogP) is 3.75. The SMILES string of the molecule is CCC(=O)CC(CC1CC=C(C)C1(C)C)OC. The molecule has 1 aliphatic carbocycles. The molecule has 0 spiro atoms. The molecule has 0 aliphatic heterocycles. The molecule has 98 valence electrons. The molecule has 2 heteroatoms. The van der Waals surface area contributed by atoms with E-state index in [2.05, 4.69) is 26.8 Å². The molecule has 0 fully saturated rings. The quantitative estimate of drug-likeness (QED) is 0.659. The summed E-state index contributed by atoms with van der Waals surface area (Å²) in [5, 5.41) is 0. The smallest absolute Gasteiger partial charge is 0.135 e. The average molecular weight is 238 g/mol. The van der Waals surface area contributed by atoms with Crippen LogP contribution in [0.25, 0.3) is 0 Å². The summed E-state index contributed by atoms with van der Waals surface area (Å²) in [4.78, 5) is 11.5. The molecule has 0 aromatic rings. The van der Waals surface area contributed by atoms with Crippen LogP contribution in [0, 0.1) is 11.3 Å². The second-order valence-corrected chi connectivity index (χ2v) is 5.73. The second-order valence-electron chi connectivity index (χ2n) is 5.73. The Kier molecular flexibility index (Phi) is 4.93. The van der Waals surface area contributed by atoms with Crippen LogP contribution in [0.15, 0.2) is 11.6 Å². The molecule has 0 radical (unpaired) electrons. The minimum absolute atomic E-state index is 0.0889. The first-order chi connectivity index (χ1) is 7.91. The molecule has 0 aromatic heterocycles. The van der Waals surface area contributed by atoms with Gasteiger partial charge in [-0.05, 0) is 31.1 Å². The molecule has 0 saturated heterocycles. The van der Waals surface area contributed by atoms with Gasteiger partial charge in [0.1, 0.15) is 5.78 Å². The summed E-state index contributed by atoms with van der Waals surface area (Å²) >= 11 is 0. The zero-order chi connectivity index (χ0) is 13.1. The summed E-state index contributed by atoms with van der Waals surface area (Å²) in [5.41, 5.74) is 1.73. The van der Waals surface area contributed by atoms with E-state index in [1.165, 1.54) is 5.57 Å². The summed E-state index contributed by atoms with van der Waals surface area (Å²) in [5.74, 6) is 0.912. The number of rotatable bonds is 6. The molecular formula is C15H26O2. The van der Waals surface area contributed by atoms with E-state index in [1.807, 2.05) is 6.92 Å². The van der Waals surface area contributed by atoms with Crippen molar-refractivity contribution in [3.8, 4) is 0 Å². The first-order valence-corrected chi connectivity index (χ1v) is 6.63. The van der Waals surface area contributed by atoms with Gasteiger partial charge in [-0.2, -0.15) is 0 Å². The van der Waals surface area contributed by atoms with Gasteiger partial charge in [0.2, 0.25) is 0 Å². The Balaban J connectivity index is 2.56. The normalized spacial score (nSPS) is 24.5. The van der Waals surface area contributed by atoms with Crippen molar-refractivity contribution in [3.05, 3.63) is 11.6 Å². The number of carbonyl (C=O) groups is 1. The van der Waals surface area contributed by atoms with Crippen molar-refractivity contribution < 1.29 is 9.53 Å². The minimum atomic E-state index is 0.0889. The molecule has 0 heterocycles. The fourth-order valence-electron chi connectivity index (χ4n) is 2.57. The Morgan fingerprint density at radius 2 is 2.24 bits per heavy atom. The summed E-state index contributed by atoms with van der Waals surface area (Å²) in [6.45, 7) is 8.72. The van der Waals surface area contributed by atoms with E-state index in [-0.39, 0.29) is 11.5 Å². The van der Waals surface area contributed by atoms with E-state index in [4.69, 9.17) is 4.74 Å². The van der Waals surface area contributed by atoms with Crippen molar-refractivity contribution in [1.82, 2.24) is 0 Å². The van der Waals surface area contributed by atoms with Crippen molar-refractivity contribution in [2.75, 3.05) is 7.11 Å². The van der Waals surface area contributed by atoms with Gasteiger partial charge in [0.05, 0.1) is 6.10 Å². The van der Waals surface area contributed by atoms with Crippen LogP contribution in [0.4, 0.5) is 0 Å². The highest BCUT2D eigenvalue weighted by molar-refractivity contribution is 5.78. The van der Waals surface area contributed by atoms with Crippen LogP contribution in [0.3, 0.4) is 0 Å². The van der Waals surface area contributed by atoms with Gasteiger partial charge < -0.3 is 4.74 Å². The lowest BCUT2D eigenvalue weighted by Crippen LogP contribution is -2.27. The van der Waals surface area contributed by atoms with Gasteiger partial charge in [0.25, 0.3) is 0 Å². The van der Waals surface area contributed by atoms with E-state index in [0.717, 1.165) is 12.8 Å². The van der Waals surface area contributed by atoms with Gasteiger partial charge in [-0.25, -0.2) is 0 Å². The van der Waals surface area contributed by atoms with Crippen LogP contribution in [-0.4, -0.2) is 19.0 Å². The van der Waals surface area contributed by atoms with Gasteiger partial charge in [-0.3, -0.25) is 4.79 Å². The molecule has 0 amide bonds. The highest BCUT2D eigenvalue weighted by Crippen LogP contribution is 2.45. The molecule has 17 heavy (non-hydrogen) atoms. The molecule has 2 unspecified atom stereocenters. The van der Waals surface area contributed by atoms with Gasteiger partial charge in [-0.1, -0.05) is 32.4 Å². The first-order valence-electron chi connectivity index (χ1n) is 6.63. The molecule has 2 atom stereocenters. The van der Waals surface area contributed by atoms with Crippen molar-refractivity contribution in [2.45, 2.75) is 59.5 Å². The summed E-state index contributed by atoms with van der Waals surface area (Å²) in [7, 11) is 1.72. The zero-order valence-electron chi connectivity index (χ0n) is 11.9. The van der Waals surface area contributed by atoms with E-state index < -0.39 is 0 Å². The Morgan fingerprint density at radius 3 is 2.65 bits per heavy atom. The number of allylic oxidation sites excluding steroid dienone is 2. The van der Waals surface area contributed by atoms with Gasteiger partial charge in [0.15, 0.2) is 0 Å². The monoisotopic (exact) mass is 238 g/mol. The lowest BCUT2D eigenvalue weighted by molar-refractivity contribution is -0.121. The summed E-state index contributed by atoms with van der Waals surface area (Å²) in [6, 6.07) is 0. The number of hydrogen-bond donors (Lipinski definition) is 0. The minimum Gasteiger partial charge on any atom is -0.381 e. The number of carbonyl (C=O) groups excluding carboxylic acids is 1. The predicted molar refractivity (Wildman–Crippen MR) is 71.0 cm³/mol. The van der Waals surface area contributed by atoms with Crippen LogP contribution in [0.5, 0.6) is 0 Å². The first kappa shape index (κ1) is 14.4. The van der Waals surface area contributed by atoms with Crippen molar-refractivity contribution in [3.63, 3.8) is 0 Å². The van der Waals surface area contributed by atoms with Gasteiger partial charge in [0, 0.05) is 20.0 Å². The lowest BCUT2D eigenvalue weighted by atomic mass is 9.75. The van der Waals surface area contributed by atoms with Crippen molar-refractivity contribution in [2.24, 2.45) is 11.3 Å². The Bertz CT molecular complexity index is 302. The van der Waals surface area contributed by atoms with E-state index in [1.54, 1.807) is 7.11 Å². The maximum absolute atomic E-state index is 11.5. The third-order valence-electron chi connectivity index (χ3n) is 4.48. The van der Waals surface area contributed by atoms with E-state index >= 15 is 0 Å². The Morgan fingerprint density at radius 1 is 1.59 bits per heavy atom. The largest absolute Gasteiger partial charge is 0.381 e. The van der Waals surface area contributed by atoms with E-state index in [9.17, 15) is 4.79 Å². The number of ketones is 1. The average Bonchev–Trinajstić information content (AvgIpc) is 2.54. The second kappa shape index (κ2) is 5.81. The molecule has 2 nitrogen and oxygen atoms in total. The number of Topliss-reactive ketones (excluding diaryl/α,β-unsaturated/α-hetero) is 1. The number of methoxy groups -OCH3 is 1. The highest BCUT2D eigenvalue weighted by atomic mass is 16.5. The standard InChI is InChI=1S/C15H26O2/c1-6-13(16)10-14(17-5)9-12-8-7-11(2)15(12,3)4/h7,12,14H,6,8-10H2,1-5H3. The molecule has 0 aromatic carbocycles. The van der Waals surface area contributed by atoms with Crippen molar-refractivity contribution in [1.29, 1.82) is 0 Å². The number of ether oxygens (including phenoxy) is 1. The summed E-state index contributed by atoms with van der Waals surface area (Å²) < 4.78 is 5.47. The van der Waals surface area contributed by atoms with Crippen LogP contribution >= 0.6 is 0 Å². The molecular weight excluding hydrogens is 212 g/mol. The third-order valence-corrected chi connectivity index (χ3v) is 4.48. The molecule has 1 aliphatic rings. The fourth-order valence-corrected chi connectivity index (χ4v) is 2.57. The molecule has 0 saturated carbocycles. The van der Waals surface area contributed by atoms with E-state index in [0.29, 0.717) is 24.5 Å². The Hall–Kier alpha value is -0.630. The summed E-state index contributed by atoms with van der Waals surface area (Å²) in [6.07, 6.45) is 5.72. The fraction of sp³-hybridized carbons (Fsp3) is 0.800. The van der Waals surface area contributed by atoms with Crippen LogP contribution in [0.1, 0.15) is 53.4 Å². The zero-order valence-corrected chi connectivity index (χ0v) is 11.9. The highest BCUT2D eigenvalue weighted by Gasteiger charge is 2.36. The third kappa shape index (κ3) is 3.41. The van der Waals surface area contributed by atoms with Crippen molar-refractivity contribution >= 4 is 5.78 Å². The molecule has 0 N–H and O–H groups in total. The van der Waals surface area contributed by atoms with Crippen LogP contribution in [0.2, 0.25) is 0 Å². The lowest BCUT2D eigenvalue weighted by Gasteiger charge is -2.32. The number of hydrogen-bond acceptors (Lipinski definition) is 2. The maximum atomic E-state index is 11.5. The maximum Gasteiger partial charge on any atom is 0.135 e. The van der Waals surface area contributed by atoms with Crippen LogP contribution < -0.4 is 0 Å². The van der Waals surface area contributed by atoms with Gasteiger partial charge >= 0.3 is 0 Å². The van der Waals surface area contributed by atoms with Gasteiger partial charge in [-0.15, -0.1) is 0 Å². The molecule has 1 rings (SSSR count). The molecule has 0 bridgehead atoms. The topological polar surface area (TPSA) is 26.3 Å². The Labute approximate surface area is 105 Å².